The van der Waals surface area contributed by atoms with Crippen LogP contribution in [0.15, 0.2) is 48.2 Å². The van der Waals surface area contributed by atoms with Crippen LogP contribution in [0.25, 0.3) is 0 Å². The first kappa shape index (κ1) is 18.3. The number of rotatable bonds is 6. The lowest BCUT2D eigenvalue weighted by atomic mass is 9.97. The molecule has 2 heterocycles. The lowest BCUT2D eigenvalue weighted by Gasteiger charge is -2.19. The van der Waals surface area contributed by atoms with Gasteiger partial charge in [-0.15, -0.1) is 0 Å². The number of pyridine rings is 1. The van der Waals surface area contributed by atoms with Gasteiger partial charge in [0.15, 0.2) is 11.5 Å². The zero-order valence-corrected chi connectivity index (χ0v) is 15.9. The van der Waals surface area contributed by atoms with E-state index in [1.807, 2.05) is 6.07 Å². The fourth-order valence-corrected chi connectivity index (χ4v) is 3.44. The van der Waals surface area contributed by atoms with Crippen LogP contribution in [0.3, 0.4) is 0 Å². The van der Waals surface area contributed by atoms with Crippen molar-refractivity contribution in [2.75, 3.05) is 30.4 Å². The van der Waals surface area contributed by atoms with E-state index in [1.165, 1.54) is 31.3 Å². The molecule has 0 atom stereocenters. The zero-order valence-electron chi connectivity index (χ0n) is 15.9. The first-order valence-corrected chi connectivity index (χ1v) is 9.87. The number of benzene rings is 1. The molecule has 6 heteroatoms. The monoisotopic (exact) mass is 379 g/mol. The van der Waals surface area contributed by atoms with Gasteiger partial charge in [0.2, 0.25) is 0 Å². The van der Waals surface area contributed by atoms with E-state index in [1.54, 1.807) is 30.5 Å². The van der Waals surface area contributed by atoms with Crippen LogP contribution in [0.5, 0.6) is 11.5 Å². The van der Waals surface area contributed by atoms with Gasteiger partial charge in [-0.2, -0.15) is 0 Å². The van der Waals surface area contributed by atoms with Gasteiger partial charge in [-0.3, -0.25) is 4.79 Å². The third kappa shape index (κ3) is 4.63. The summed E-state index contributed by atoms with van der Waals surface area (Å²) >= 11 is 0. The summed E-state index contributed by atoms with van der Waals surface area (Å²) in [6.45, 7) is 1.92. The normalized spacial score (nSPS) is 15.5. The molecule has 0 saturated heterocycles. The molecule has 2 N–H and O–H groups in total. The number of amides is 1. The number of anilines is 2. The summed E-state index contributed by atoms with van der Waals surface area (Å²) in [6.07, 6.45) is 10.0. The minimum absolute atomic E-state index is 0.205. The Hall–Kier alpha value is -3.02. The number of ether oxygens (including phenoxy) is 2. The highest BCUT2D eigenvalue weighted by molar-refractivity contribution is 6.04. The van der Waals surface area contributed by atoms with Gasteiger partial charge < -0.3 is 20.1 Å². The molecule has 2 aromatic rings. The van der Waals surface area contributed by atoms with Gasteiger partial charge in [0, 0.05) is 24.5 Å². The molecule has 1 aromatic carbocycles. The second kappa shape index (κ2) is 8.78. The molecule has 0 saturated carbocycles. The van der Waals surface area contributed by atoms with Crippen molar-refractivity contribution in [3.63, 3.8) is 0 Å². The smallest absolute Gasteiger partial charge is 0.257 e. The van der Waals surface area contributed by atoms with E-state index < -0.39 is 0 Å². The molecule has 1 aliphatic carbocycles. The Kier molecular flexibility index (Phi) is 5.75. The maximum absolute atomic E-state index is 12.5. The minimum atomic E-state index is -0.205. The highest BCUT2D eigenvalue weighted by atomic mass is 16.6. The van der Waals surface area contributed by atoms with Gasteiger partial charge in [-0.1, -0.05) is 11.6 Å². The van der Waals surface area contributed by atoms with E-state index in [0.717, 1.165) is 18.8 Å². The number of fused-ring (bicyclic) bond motifs is 1. The van der Waals surface area contributed by atoms with E-state index in [4.69, 9.17) is 9.47 Å². The van der Waals surface area contributed by atoms with E-state index in [9.17, 15) is 4.79 Å². The molecular weight excluding hydrogens is 354 g/mol. The first-order chi connectivity index (χ1) is 13.8. The standard InChI is InChI=1S/C22H25N3O3/c26-22(25-18-7-8-19-20(14-18)28-13-12-27-19)17-6-9-21(24-15-17)23-11-10-16-4-2-1-3-5-16/h4,6-9,14-15H,1-3,5,10-13H2,(H,23,24)(H,25,26). The molecule has 6 nitrogen and oxygen atoms in total. The molecule has 0 spiro atoms. The van der Waals surface area contributed by atoms with Crippen molar-refractivity contribution in [1.82, 2.24) is 4.98 Å². The van der Waals surface area contributed by atoms with Gasteiger partial charge in [0.25, 0.3) is 5.91 Å². The third-order valence-corrected chi connectivity index (χ3v) is 4.96. The number of nitrogens with one attached hydrogen (secondary N) is 2. The maximum Gasteiger partial charge on any atom is 0.257 e. The van der Waals surface area contributed by atoms with Crippen LogP contribution in [0.4, 0.5) is 11.5 Å². The van der Waals surface area contributed by atoms with Crippen molar-refractivity contribution in [2.45, 2.75) is 32.1 Å². The molecule has 0 fully saturated rings. The molecule has 146 valence electrons. The van der Waals surface area contributed by atoms with E-state index in [-0.39, 0.29) is 5.91 Å². The molecule has 0 unspecified atom stereocenters. The molecular formula is C22H25N3O3. The molecule has 4 rings (SSSR count). The molecule has 28 heavy (non-hydrogen) atoms. The van der Waals surface area contributed by atoms with Crippen molar-refractivity contribution >= 4 is 17.4 Å². The van der Waals surface area contributed by atoms with Gasteiger partial charge in [-0.25, -0.2) is 4.98 Å². The topological polar surface area (TPSA) is 72.5 Å². The Bertz CT molecular complexity index is 862. The van der Waals surface area contributed by atoms with Crippen molar-refractivity contribution in [2.24, 2.45) is 0 Å². The quantitative estimate of drug-likeness (QED) is 0.728. The second-order valence-electron chi connectivity index (χ2n) is 7.03. The molecule has 2 aliphatic rings. The predicted octanol–water partition coefficient (Wildman–Crippen LogP) is 4.41. The number of carbonyl (C=O) groups is 1. The Morgan fingerprint density at radius 3 is 2.75 bits per heavy atom. The maximum atomic E-state index is 12.5. The summed E-state index contributed by atoms with van der Waals surface area (Å²) in [5.74, 6) is 1.93. The lowest BCUT2D eigenvalue weighted by Crippen LogP contribution is -2.16. The molecule has 0 bridgehead atoms. The highest BCUT2D eigenvalue weighted by Gasteiger charge is 2.13. The number of aromatic nitrogens is 1. The van der Waals surface area contributed by atoms with Crippen LogP contribution in [0.2, 0.25) is 0 Å². The minimum Gasteiger partial charge on any atom is -0.486 e. The fraction of sp³-hybridized carbons (Fsp3) is 0.364. The van der Waals surface area contributed by atoms with Crippen LogP contribution in [0.1, 0.15) is 42.5 Å². The van der Waals surface area contributed by atoms with Crippen molar-refractivity contribution in [1.29, 1.82) is 0 Å². The van der Waals surface area contributed by atoms with Gasteiger partial charge in [0.1, 0.15) is 19.0 Å². The summed E-state index contributed by atoms with van der Waals surface area (Å²) in [5.41, 5.74) is 2.71. The summed E-state index contributed by atoms with van der Waals surface area (Å²) in [4.78, 5) is 16.8. The number of nitrogens with zero attached hydrogens (tertiary/aromatic N) is 1. The number of carbonyl (C=O) groups excluding carboxylic acids is 1. The second-order valence-corrected chi connectivity index (χ2v) is 7.03. The zero-order chi connectivity index (χ0) is 19.2. The van der Waals surface area contributed by atoms with Crippen LogP contribution < -0.4 is 20.1 Å². The van der Waals surface area contributed by atoms with Crippen LogP contribution in [-0.2, 0) is 0 Å². The average Bonchev–Trinajstić information content (AvgIpc) is 2.75. The van der Waals surface area contributed by atoms with E-state index in [0.29, 0.717) is 36.0 Å². The SMILES string of the molecule is O=C(Nc1ccc2c(c1)OCCO2)c1ccc(NCCC2=CCCCC2)nc1. The van der Waals surface area contributed by atoms with Crippen LogP contribution in [0, 0.1) is 0 Å². The van der Waals surface area contributed by atoms with Crippen LogP contribution in [-0.4, -0.2) is 30.6 Å². The lowest BCUT2D eigenvalue weighted by molar-refractivity contribution is 0.102. The van der Waals surface area contributed by atoms with Crippen molar-refractivity contribution in [3.05, 3.63) is 53.7 Å². The van der Waals surface area contributed by atoms with Gasteiger partial charge in [0.05, 0.1) is 5.56 Å². The first-order valence-electron chi connectivity index (χ1n) is 9.87. The fourth-order valence-electron chi connectivity index (χ4n) is 3.44. The van der Waals surface area contributed by atoms with E-state index >= 15 is 0 Å². The largest absolute Gasteiger partial charge is 0.486 e. The summed E-state index contributed by atoms with van der Waals surface area (Å²) in [5, 5.41) is 6.20. The predicted molar refractivity (Wildman–Crippen MR) is 109 cm³/mol. The molecule has 1 amide bonds. The third-order valence-electron chi connectivity index (χ3n) is 4.96. The Morgan fingerprint density at radius 2 is 1.96 bits per heavy atom. The Labute approximate surface area is 165 Å². The Morgan fingerprint density at radius 1 is 1.07 bits per heavy atom. The van der Waals surface area contributed by atoms with Crippen LogP contribution >= 0.6 is 0 Å². The number of hydrogen-bond donors (Lipinski definition) is 2. The average molecular weight is 379 g/mol. The number of allylic oxidation sites excluding steroid dienone is 1. The summed E-state index contributed by atoms with van der Waals surface area (Å²) < 4.78 is 11.0. The van der Waals surface area contributed by atoms with Crippen molar-refractivity contribution in [3.8, 4) is 11.5 Å². The van der Waals surface area contributed by atoms with Gasteiger partial charge in [-0.05, 0) is 56.4 Å². The molecule has 1 aliphatic heterocycles. The molecule has 1 aromatic heterocycles. The highest BCUT2D eigenvalue weighted by Crippen LogP contribution is 2.32. The number of hydrogen-bond acceptors (Lipinski definition) is 5. The Balaban J connectivity index is 1.30. The van der Waals surface area contributed by atoms with Gasteiger partial charge >= 0.3 is 0 Å². The summed E-state index contributed by atoms with van der Waals surface area (Å²) in [7, 11) is 0. The van der Waals surface area contributed by atoms with E-state index in [2.05, 4.69) is 21.7 Å². The van der Waals surface area contributed by atoms with Crippen molar-refractivity contribution < 1.29 is 14.3 Å². The molecule has 0 radical (unpaired) electrons. The summed E-state index contributed by atoms with van der Waals surface area (Å²) in [6, 6.07) is 9.00.